The Labute approximate surface area is 179 Å². The number of hydrogen-bond acceptors (Lipinski definition) is 4. The van der Waals surface area contributed by atoms with E-state index in [9.17, 15) is 0 Å². The van der Waals surface area contributed by atoms with Crippen LogP contribution in [0.1, 0.15) is 31.2 Å². The van der Waals surface area contributed by atoms with Gasteiger partial charge in [-0.25, -0.2) is 0 Å². The van der Waals surface area contributed by atoms with Crippen LogP contribution in [-0.2, 0) is 6.54 Å². The summed E-state index contributed by atoms with van der Waals surface area (Å²) in [6, 6.07) is 3.82. The minimum atomic E-state index is 0. The molecule has 1 N–H and O–H groups in total. The number of aliphatic imine (C=N–C) groups is 1. The molecule has 1 heterocycles. The molecule has 0 radical (unpaired) electrons. The molecule has 6 nitrogen and oxygen atoms in total. The van der Waals surface area contributed by atoms with Gasteiger partial charge in [0.2, 0.25) is 0 Å². The summed E-state index contributed by atoms with van der Waals surface area (Å²) in [5.74, 6) is 4.78. The summed E-state index contributed by atoms with van der Waals surface area (Å²) in [4.78, 5) is 6.92. The molecule has 0 amide bonds. The lowest BCUT2D eigenvalue weighted by Crippen LogP contribution is -2.40. The highest BCUT2D eigenvalue weighted by molar-refractivity contribution is 14.0. The summed E-state index contributed by atoms with van der Waals surface area (Å²) >= 11 is 0. The Bertz CT molecular complexity index is 640. The smallest absolute Gasteiger partial charge is 0.193 e. The zero-order chi connectivity index (χ0) is 18.5. The normalized spacial score (nSPS) is 21.9. The van der Waals surface area contributed by atoms with Crippen LogP contribution in [0.5, 0.6) is 17.2 Å². The van der Waals surface area contributed by atoms with Crippen LogP contribution in [0.2, 0.25) is 0 Å². The average molecular weight is 489 g/mol. The molecule has 152 valence electrons. The Morgan fingerprint density at radius 3 is 2.07 bits per heavy atom. The van der Waals surface area contributed by atoms with Gasteiger partial charge in [-0.1, -0.05) is 12.8 Å². The zero-order valence-corrected chi connectivity index (χ0v) is 19.1. The summed E-state index contributed by atoms with van der Waals surface area (Å²) in [5, 5.41) is 3.50. The maximum atomic E-state index is 5.53. The lowest BCUT2D eigenvalue weighted by atomic mass is 9.82. The largest absolute Gasteiger partial charge is 0.496 e. The summed E-state index contributed by atoms with van der Waals surface area (Å²) < 4.78 is 16.3. The number of fused-ring (bicyclic) bond motifs is 1. The van der Waals surface area contributed by atoms with Crippen molar-refractivity contribution >= 4 is 29.9 Å². The highest BCUT2D eigenvalue weighted by Gasteiger charge is 2.35. The number of guanidine groups is 1. The Kier molecular flexibility index (Phi) is 8.31. The fraction of sp³-hybridized carbons (Fsp3) is 0.650. The maximum absolute atomic E-state index is 5.53. The molecule has 0 aromatic heterocycles. The van der Waals surface area contributed by atoms with Gasteiger partial charge in [-0.05, 0) is 30.7 Å². The molecule has 1 aromatic carbocycles. The molecule has 2 aliphatic rings. The summed E-state index contributed by atoms with van der Waals surface area (Å²) in [5.41, 5.74) is 1.02. The fourth-order valence-corrected chi connectivity index (χ4v) is 4.32. The monoisotopic (exact) mass is 489 g/mol. The van der Waals surface area contributed by atoms with Crippen LogP contribution < -0.4 is 19.5 Å². The van der Waals surface area contributed by atoms with Crippen molar-refractivity contribution in [3.63, 3.8) is 0 Å². The number of nitrogens with zero attached hydrogens (tertiary/aromatic N) is 2. The first-order valence-electron chi connectivity index (χ1n) is 9.44. The third-order valence-corrected chi connectivity index (χ3v) is 5.71. The topological polar surface area (TPSA) is 55.3 Å². The molecule has 2 atom stereocenters. The van der Waals surface area contributed by atoms with Crippen LogP contribution in [-0.4, -0.2) is 52.3 Å². The zero-order valence-electron chi connectivity index (χ0n) is 16.8. The number of benzene rings is 1. The Balaban J connectivity index is 0.00000261. The van der Waals surface area contributed by atoms with Gasteiger partial charge in [0, 0.05) is 38.3 Å². The van der Waals surface area contributed by atoms with Crippen molar-refractivity contribution in [2.75, 3.05) is 41.5 Å². The lowest BCUT2D eigenvalue weighted by molar-refractivity contribution is 0.299. The minimum Gasteiger partial charge on any atom is -0.496 e. The number of halogens is 1. The third-order valence-electron chi connectivity index (χ3n) is 5.71. The summed E-state index contributed by atoms with van der Waals surface area (Å²) in [6.07, 6.45) is 5.48. The lowest BCUT2D eigenvalue weighted by Gasteiger charge is -2.22. The van der Waals surface area contributed by atoms with Gasteiger partial charge in [0.25, 0.3) is 0 Å². The van der Waals surface area contributed by atoms with E-state index >= 15 is 0 Å². The number of methoxy groups -OCH3 is 3. The van der Waals surface area contributed by atoms with Gasteiger partial charge < -0.3 is 24.4 Å². The van der Waals surface area contributed by atoms with Gasteiger partial charge >= 0.3 is 0 Å². The van der Waals surface area contributed by atoms with Crippen molar-refractivity contribution in [1.29, 1.82) is 0 Å². The van der Waals surface area contributed by atoms with Crippen LogP contribution in [0.15, 0.2) is 17.1 Å². The van der Waals surface area contributed by atoms with Gasteiger partial charge in [0.15, 0.2) is 17.5 Å². The molecule has 1 aliphatic heterocycles. The van der Waals surface area contributed by atoms with Crippen LogP contribution in [0.4, 0.5) is 0 Å². The van der Waals surface area contributed by atoms with E-state index in [0.29, 0.717) is 18.0 Å². The molecule has 7 heteroatoms. The quantitative estimate of drug-likeness (QED) is 0.390. The van der Waals surface area contributed by atoms with Crippen LogP contribution in [0, 0.1) is 11.8 Å². The fourth-order valence-electron chi connectivity index (χ4n) is 4.32. The number of ether oxygens (including phenoxy) is 3. The SMILES string of the molecule is CN=C(NCc1cc(OC)c(OC)cc1OC)N1CC2CCCCC2C1.I. The summed E-state index contributed by atoms with van der Waals surface area (Å²) in [6.45, 7) is 2.86. The van der Waals surface area contributed by atoms with Gasteiger partial charge in [0.05, 0.1) is 21.3 Å². The highest BCUT2D eigenvalue weighted by atomic mass is 127. The molecule has 1 aliphatic carbocycles. The van der Waals surface area contributed by atoms with Crippen LogP contribution in [0.25, 0.3) is 0 Å². The molecular formula is C20H32IN3O3. The van der Waals surface area contributed by atoms with Crippen LogP contribution in [0.3, 0.4) is 0 Å². The van der Waals surface area contributed by atoms with E-state index in [2.05, 4.69) is 15.2 Å². The number of likely N-dealkylation sites (tertiary alicyclic amines) is 1. The molecule has 2 unspecified atom stereocenters. The second-order valence-corrected chi connectivity index (χ2v) is 7.13. The molecule has 27 heavy (non-hydrogen) atoms. The van der Waals surface area contributed by atoms with Crippen molar-refractivity contribution in [2.45, 2.75) is 32.2 Å². The van der Waals surface area contributed by atoms with Crippen molar-refractivity contribution in [3.05, 3.63) is 17.7 Å². The van der Waals surface area contributed by atoms with E-state index in [4.69, 9.17) is 14.2 Å². The molecule has 3 rings (SSSR count). The van der Waals surface area contributed by atoms with Gasteiger partial charge in [-0.15, -0.1) is 24.0 Å². The van der Waals surface area contributed by atoms with E-state index in [0.717, 1.165) is 42.2 Å². The Morgan fingerprint density at radius 2 is 1.56 bits per heavy atom. The standard InChI is InChI=1S/C20H31N3O3.HI/c1-21-20(23-12-14-7-5-6-8-15(14)13-23)22-11-16-9-18(25-3)19(26-4)10-17(16)24-2;/h9-10,14-15H,5-8,11-13H2,1-4H3,(H,21,22);1H. The van der Waals surface area contributed by atoms with Gasteiger partial charge in [-0.2, -0.15) is 0 Å². The first-order valence-corrected chi connectivity index (χ1v) is 9.44. The molecule has 0 bridgehead atoms. The number of rotatable bonds is 5. The third kappa shape index (κ3) is 4.92. The number of hydrogen-bond donors (Lipinski definition) is 1. The van der Waals surface area contributed by atoms with E-state index < -0.39 is 0 Å². The minimum absolute atomic E-state index is 0. The van der Waals surface area contributed by atoms with Crippen molar-refractivity contribution in [3.8, 4) is 17.2 Å². The first-order chi connectivity index (χ1) is 12.7. The molecule has 0 spiro atoms. The van der Waals surface area contributed by atoms with E-state index in [-0.39, 0.29) is 24.0 Å². The van der Waals surface area contributed by atoms with Crippen molar-refractivity contribution in [1.82, 2.24) is 10.2 Å². The maximum Gasteiger partial charge on any atom is 0.193 e. The molecule has 1 saturated carbocycles. The number of nitrogens with one attached hydrogen (secondary N) is 1. The van der Waals surface area contributed by atoms with E-state index in [1.54, 1.807) is 21.3 Å². The Morgan fingerprint density at radius 1 is 1.00 bits per heavy atom. The predicted molar refractivity (Wildman–Crippen MR) is 119 cm³/mol. The Hall–Kier alpha value is -1.38. The second kappa shape index (κ2) is 10.2. The first kappa shape index (κ1) is 21.9. The van der Waals surface area contributed by atoms with Gasteiger partial charge in [-0.3, -0.25) is 4.99 Å². The predicted octanol–water partition coefficient (Wildman–Crippen LogP) is 3.53. The van der Waals surface area contributed by atoms with E-state index in [1.807, 2.05) is 19.2 Å². The second-order valence-electron chi connectivity index (χ2n) is 7.13. The van der Waals surface area contributed by atoms with Crippen molar-refractivity contribution < 1.29 is 14.2 Å². The van der Waals surface area contributed by atoms with E-state index in [1.165, 1.54) is 25.7 Å². The van der Waals surface area contributed by atoms with Crippen molar-refractivity contribution in [2.24, 2.45) is 16.8 Å². The summed E-state index contributed by atoms with van der Waals surface area (Å²) in [7, 11) is 6.80. The van der Waals surface area contributed by atoms with Crippen LogP contribution >= 0.6 is 24.0 Å². The highest BCUT2D eigenvalue weighted by Crippen LogP contribution is 2.36. The molecule has 1 aromatic rings. The molecule has 2 fully saturated rings. The molecule has 1 saturated heterocycles. The van der Waals surface area contributed by atoms with Gasteiger partial charge in [0.1, 0.15) is 5.75 Å². The molecular weight excluding hydrogens is 457 g/mol. The average Bonchev–Trinajstić information content (AvgIpc) is 3.11.